The predicted octanol–water partition coefficient (Wildman–Crippen LogP) is 2.33. The molecule has 1 amide bonds. The summed E-state index contributed by atoms with van der Waals surface area (Å²) < 4.78 is 10.2. The third-order valence-corrected chi connectivity index (χ3v) is 3.30. The minimum atomic E-state index is -0.404. The minimum absolute atomic E-state index is 0.0465. The Morgan fingerprint density at radius 3 is 2.96 bits per heavy atom. The topological polar surface area (TPSA) is 84.2 Å². The van der Waals surface area contributed by atoms with Crippen LogP contribution >= 0.6 is 0 Å². The molecule has 0 radical (unpaired) electrons. The van der Waals surface area contributed by atoms with Gasteiger partial charge in [-0.15, -0.1) is 0 Å². The highest BCUT2D eigenvalue weighted by Gasteiger charge is 2.08. The number of amides is 1. The lowest BCUT2D eigenvalue weighted by Crippen LogP contribution is -2.26. The summed E-state index contributed by atoms with van der Waals surface area (Å²) in [5.41, 5.74) is 1.77. The number of nitrogens with zero attached hydrogens (tertiary/aromatic N) is 2. The molecule has 0 atom stereocenters. The average Bonchev–Trinajstić information content (AvgIpc) is 2.65. The van der Waals surface area contributed by atoms with Gasteiger partial charge in [0.2, 0.25) is 0 Å². The van der Waals surface area contributed by atoms with E-state index in [1.807, 2.05) is 30.3 Å². The standard InChI is InChI=1S/C19H19N3O3/c1-24-14-25-18-6-2-4-15(11-18)7-9-22-19(23)17(12-20)10-16-5-3-8-21-13-16/h2-6,8,10-11,13H,7,9,14H2,1H3,(H,22,23). The van der Waals surface area contributed by atoms with Gasteiger partial charge in [0.15, 0.2) is 6.79 Å². The Bertz CT molecular complexity index is 767. The summed E-state index contributed by atoms with van der Waals surface area (Å²) in [7, 11) is 1.56. The molecule has 6 heteroatoms. The van der Waals surface area contributed by atoms with E-state index in [1.165, 1.54) is 6.08 Å². The van der Waals surface area contributed by atoms with Crippen LogP contribution in [-0.4, -0.2) is 31.3 Å². The van der Waals surface area contributed by atoms with E-state index in [0.717, 1.165) is 5.56 Å². The molecule has 0 bridgehead atoms. The Morgan fingerprint density at radius 2 is 2.24 bits per heavy atom. The SMILES string of the molecule is COCOc1cccc(CCNC(=O)C(C#N)=Cc2cccnc2)c1. The van der Waals surface area contributed by atoms with Crippen molar-refractivity contribution in [2.75, 3.05) is 20.4 Å². The molecule has 1 aromatic carbocycles. The first kappa shape index (κ1) is 18.2. The molecule has 0 aliphatic rings. The number of hydrogen-bond donors (Lipinski definition) is 1. The zero-order valence-electron chi connectivity index (χ0n) is 13.9. The summed E-state index contributed by atoms with van der Waals surface area (Å²) in [6.45, 7) is 0.601. The van der Waals surface area contributed by atoms with E-state index in [2.05, 4.69) is 10.3 Å². The number of aromatic nitrogens is 1. The second-order valence-electron chi connectivity index (χ2n) is 5.16. The van der Waals surface area contributed by atoms with Crippen LogP contribution in [0.2, 0.25) is 0 Å². The van der Waals surface area contributed by atoms with Crippen molar-refractivity contribution in [2.24, 2.45) is 0 Å². The number of carbonyl (C=O) groups is 1. The van der Waals surface area contributed by atoms with Crippen molar-refractivity contribution in [1.82, 2.24) is 10.3 Å². The van der Waals surface area contributed by atoms with Gasteiger partial charge in [-0.1, -0.05) is 18.2 Å². The van der Waals surface area contributed by atoms with E-state index >= 15 is 0 Å². The molecular weight excluding hydrogens is 318 g/mol. The van der Waals surface area contributed by atoms with E-state index in [4.69, 9.17) is 14.7 Å². The van der Waals surface area contributed by atoms with E-state index in [9.17, 15) is 4.79 Å². The monoisotopic (exact) mass is 337 g/mol. The number of benzene rings is 1. The highest BCUT2D eigenvalue weighted by molar-refractivity contribution is 6.01. The van der Waals surface area contributed by atoms with Gasteiger partial charge in [-0.25, -0.2) is 0 Å². The van der Waals surface area contributed by atoms with Gasteiger partial charge in [0, 0.05) is 26.0 Å². The summed E-state index contributed by atoms with van der Waals surface area (Å²) in [6.07, 6.45) is 5.37. The van der Waals surface area contributed by atoms with Crippen molar-refractivity contribution in [2.45, 2.75) is 6.42 Å². The van der Waals surface area contributed by atoms with Crippen LogP contribution in [0.25, 0.3) is 6.08 Å². The lowest BCUT2D eigenvalue weighted by molar-refractivity contribution is -0.117. The van der Waals surface area contributed by atoms with E-state index in [0.29, 0.717) is 24.3 Å². The van der Waals surface area contributed by atoms with Crippen molar-refractivity contribution in [3.05, 3.63) is 65.5 Å². The summed E-state index contributed by atoms with van der Waals surface area (Å²) in [5, 5.41) is 11.9. The van der Waals surface area contributed by atoms with Crippen LogP contribution in [0.5, 0.6) is 5.75 Å². The quantitative estimate of drug-likeness (QED) is 0.454. The molecular formula is C19H19N3O3. The van der Waals surface area contributed by atoms with Crippen molar-refractivity contribution in [3.8, 4) is 11.8 Å². The van der Waals surface area contributed by atoms with Crippen LogP contribution in [0.1, 0.15) is 11.1 Å². The third kappa shape index (κ3) is 6.09. The van der Waals surface area contributed by atoms with Gasteiger partial charge >= 0.3 is 0 Å². The lowest BCUT2D eigenvalue weighted by Gasteiger charge is -2.08. The maximum atomic E-state index is 12.1. The Kier molecular flexibility index (Phi) is 7.16. The zero-order chi connectivity index (χ0) is 17.9. The fourth-order valence-corrected chi connectivity index (χ4v) is 2.11. The average molecular weight is 337 g/mol. The number of rotatable bonds is 8. The van der Waals surface area contributed by atoms with Crippen LogP contribution in [0, 0.1) is 11.3 Å². The maximum absolute atomic E-state index is 12.1. The molecule has 0 unspecified atom stereocenters. The normalized spacial score (nSPS) is 10.8. The molecule has 0 aliphatic carbocycles. The first-order valence-corrected chi connectivity index (χ1v) is 7.73. The van der Waals surface area contributed by atoms with E-state index in [-0.39, 0.29) is 12.4 Å². The maximum Gasteiger partial charge on any atom is 0.261 e. The van der Waals surface area contributed by atoms with Crippen LogP contribution < -0.4 is 10.1 Å². The molecule has 0 aliphatic heterocycles. The van der Waals surface area contributed by atoms with Crippen molar-refractivity contribution < 1.29 is 14.3 Å². The van der Waals surface area contributed by atoms with E-state index < -0.39 is 5.91 Å². The number of ether oxygens (including phenoxy) is 2. The van der Waals surface area contributed by atoms with Gasteiger partial charge in [-0.05, 0) is 41.8 Å². The Morgan fingerprint density at radius 1 is 1.36 bits per heavy atom. The van der Waals surface area contributed by atoms with Gasteiger partial charge < -0.3 is 14.8 Å². The summed E-state index contributed by atoms with van der Waals surface area (Å²) in [6, 6.07) is 13.0. The van der Waals surface area contributed by atoms with Crippen LogP contribution in [0.3, 0.4) is 0 Å². The number of nitrogens with one attached hydrogen (secondary N) is 1. The van der Waals surface area contributed by atoms with Gasteiger partial charge in [0.1, 0.15) is 17.4 Å². The molecule has 2 rings (SSSR count). The van der Waals surface area contributed by atoms with Crippen LogP contribution in [0.15, 0.2) is 54.4 Å². The fourth-order valence-electron chi connectivity index (χ4n) is 2.11. The molecule has 0 spiro atoms. The first-order chi connectivity index (χ1) is 12.2. The smallest absolute Gasteiger partial charge is 0.261 e. The highest BCUT2D eigenvalue weighted by atomic mass is 16.7. The Hall–Kier alpha value is -3.17. The van der Waals surface area contributed by atoms with Gasteiger partial charge in [-0.3, -0.25) is 9.78 Å². The van der Waals surface area contributed by atoms with Crippen molar-refractivity contribution in [3.63, 3.8) is 0 Å². The molecule has 1 heterocycles. The predicted molar refractivity (Wildman–Crippen MR) is 93.5 cm³/mol. The fraction of sp³-hybridized carbons (Fsp3) is 0.211. The number of carbonyl (C=O) groups excluding carboxylic acids is 1. The van der Waals surface area contributed by atoms with Gasteiger partial charge in [0.05, 0.1) is 0 Å². The van der Waals surface area contributed by atoms with Crippen LogP contribution in [-0.2, 0) is 16.0 Å². The molecule has 0 saturated carbocycles. The number of hydrogen-bond acceptors (Lipinski definition) is 5. The summed E-state index contributed by atoms with van der Waals surface area (Å²) in [4.78, 5) is 16.1. The first-order valence-electron chi connectivity index (χ1n) is 7.73. The third-order valence-electron chi connectivity index (χ3n) is 3.30. The number of methoxy groups -OCH3 is 1. The van der Waals surface area contributed by atoms with Crippen molar-refractivity contribution >= 4 is 12.0 Å². The molecule has 0 saturated heterocycles. The molecule has 6 nitrogen and oxygen atoms in total. The molecule has 2 aromatic rings. The summed E-state index contributed by atoms with van der Waals surface area (Å²) in [5.74, 6) is 0.304. The molecule has 25 heavy (non-hydrogen) atoms. The molecule has 1 N–H and O–H groups in total. The van der Waals surface area contributed by atoms with Crippen LogP contribution in [0.4, 0.5) is 0 Å². The zero-order valence-corrected chi connectivity index (χ0v) is 13.9. The largest absolute Gasteiger partial charge is 0.468 e. The molecule has 0 fully saturated rings. The summed E-state index contributed by atoms with van der Waals surface area (Å²) >= 11 is 0. The minimum Gasteiger partial charge on any atom is -0.468 e. The molecule has 128 valence electrons. The second kappa shape index (κ2) is 9.85. The van der Waals surface area contributed by atoms with Gasteiger partial charge in [0.25, 0.3) is 5.91 Å². The Balaban J connectivity index is 1.89. The Labute approximate surface area is 146 Å². The second-order valence-corrected chi connectivity index (χ2v) is 5.16. The highest BCUT2D eigenvalue weighted by Crippen LogP contribution is 2.13. The van der Waals surface area contributed by atoms with E-state index in [1.54, 1.807) is 31.6 Å². The number of nitriles is 1. The number of pyridine rings is 1. The lowest BCUT2D eigenvalue weighted by atomic mass is 10.1. The van der Waals surface area contributed by atoms with Crippen molar-refractivity contribution in [1.29, 1.82) is 5.26 Å². The van der Waals surface area contributed by atoms with Gasteiger partial charge in [-0.2, -0.15) is 5.26 Å². The molecule has 1 aromatic heterocycles.